The molecule has 1 unspecified atom stereocenters. The highest BCUT2D eigenvalue weighted by Crippen LogP contribution is 2.29. The highest BCUT2D eigenvalue weighted by atomic mass is 19.1. The second kappa shape index (κ2) is 8.49. The van der Waals surface area contributed by atoms with Gasteiger partial charge in [0.15, 0.2) is 0 Å². The molecule has 1 aliphatic carbocycles. The number of primary amides is 1. The van der Waals surface area contributed by atoms with Crippen molar-refractivity contribution in [3.05, 3.63) is 53.1 Å². The van der Waals surface area contributed by atoms with Crippen molar-refractivity contribution in [1.82, 2.24) is 4.90 Å². The number of likely N-dealkylation sites (tertiary alicyclic amines) is 1. The van der Waals surface area contributed by atoms with Gasteiger partial charge in [0.05, 0.1) is 0 Å². The Bertz CT molecular complexity index is 705. The number of anilines is 1. The summed E-state index contributed by atoms with van der Waals surface area (Å²) in [5.41, 5.74) is 9.68. The van der Waals surface area contributed by atoms with E-state index in [-0.39, 0.29) is 0 Å². The molecule has 1 fully saturated rings. The van der Waals surface area contributed by atoms with Crippen LogP contribution < -0.4 is 11.1 Å². The number of hydrogen-bond donors (Lipinski definition) is 2. The number of allylic oxidation sites excluding steroid dienone is 4. The first kappa shape index (κ1) is 18.6. The van der Waals surface area contributed by atoms with Crippen LogP contribution in [0, 0.1) is 12.8 Å². The van der Waals surface area contributed by atoms with Gasteiger partial charge < -0.3 is 11.1 Å². The monoisotopic (exact) mass is 357 g/mol. The minimum Gasteiger partial charge on any atom is -0.351 e. The summed E-state index contributed by atoms with van der Waals surface area (Å²) in [7, 11) is 0. The van der Waals surface area contributed by atoms with Crippen LogP contribution in [0.5, 0.6) is 0 Å². The topological polar surface area (TPSA) is 58.4 Å². The molecule has 0 aromatic heterocycles. The third kappa shape index (κ3) is 4.94. The molecule has 2 amide bonds. The van der Waals surface area contributed by atoms with Crippen molar-refractivity contribution < 1.29 is 9.18 Å². The van der Waals surface area contributed by atoms with Crippen LogP contribution in [-0.4, -0.2) is 30.2 Å². The van der Waals surface area contributed by atoms with Gasteiger partial charge in [-0.15, -0.1) is 0 Å². The van der Waals surface area contributed by atoms with Crippen molar-refractivity contribution in [1.29, 1.82) is 0 Å². The Morgan fingerprint density at radius 1 is 1.35 bits per heavy atom. The molecule has 3 rings (SSSR count). The third-order valence-corrected chi connectivity index (χ3v) is 5.41. The van der Waals surface area contributed by atoms with Crippen LogP contribution in [-0.2, 0) is 6.54 Å². The van der Waals surface area contributed by atoms with Crippen LogP contribution in [0.25, 0.3) is 0 Å². The first-order valence-corrected chi connectivity index (χ1v) is 9.40. The van der Waals surface area contributed by atoms with Gasteiger partial charge in [0.2, 0.25) is 0 Å². The van der Waals surface area contributed by atoms with Crippen LogP contribution in [0.2, 0.25) is 0 Å². The zero-order valence-corrected chi connectivity index (χ0v) is 15.4. The lowest BCUT2D eigenvalue weighted by atomic mass is 9.88. The number of alkyl halides is 1. The number of carbonyl (C=O) groups is 1. The molecule has 0 spiro atoms. The van der Waals surface area contributed by atoms with Crippen LogP contribution in [0.4, 0.5) is 14.9 Å². The molecule has 1 heterocycles. The first-order valence-electron chi connectivity index (χ1n) is 9.40. The zero-order chi connectivity index (χ0) is 18.5. The summed E-state index contributed by atoms with van der Waals surface area (Å²) in [5.74, 6) is 0.665. The highest BCUT2D eigenvalue weighted by Gasteiger charge is 2.22. The van der Waals surface area contributed by atoms with Crippen molar-refractivity contribution in [3.63, 3.8) is 0 Å². The maximum Gasteiger partial charge on any atom is 0.316 e. The second-order valence-corrected chi connectivity index (χ2v) is 7.40. The van der Waals surface area contributed by atoms with Gasteiger partial charge in [-0.05, 0) is 62.4 Å². The number of piperidine rings is 1. The minimum absolute atomic E-state index is 0.521. The van der Waals surface area contributed by atoms with Gasteiger partial charge in [0.1, 0.15) is 6.17 Å². The fourth-order valence-electron chi connectivity index (χ4n) is 3.86. The number of hydrogen-bond acceptors (Lipinski definition) is 2. The molecule has 140 valence electrons. The predicted octanol–water partition coefficient (Wildman–Crippen LogP) is 4.31. The Morgan fingerprint density at radius 2 is 2.12 bits per heavy atom. The van der Waals surface area contributed by atoms with Crippen molar-refractivity contribution >= 4 is 11.7 Å². The third-order valence-electron chi connectivity index (χ3n) is 5.41. The summed E-state index contributed by atoms with van der Waals surface area (Å²) >= 11 is 0. The minimum atomic E-state index is -0.807. The summed E-state index contributed by atoms with van der Waals surface area (Å²) in [6.45, 7) is 4.96. The Hall–Kier alpha value is -2.14. The Balaban J connectivity index is 1.55. The molecule has 3 N–H and O–H groups in total. The van der Waals surface area contributed by atoms with Crippen LogP contribution in [0.1, 0.15) is 36.8 Å². The van der Waals surface area contributed by atoms with Crippen molar-refractivity contribution in [2.24, 2.45) is 11.7 Å². The van der Waals surface area contributed by atoms with Crippen molar-refractivity contribution in [2.75, 3.05) is 18.4 Å². The van der Waals surface area contributed by atoms with Gasteiger partial charge in [0, 0.05) is 18.7 Å². The van der Waals surface area contributed by atoms with Crippen molar-refractivity contribution in [2.45, 2.75) is 45.3 Å². The van der Waals surface area contributed by atoms with E-state index in [0.29, 0.717) is 12.3 Å². The SMILES string of the molecule is Cc1cccc(NC(N)=O)c1CN1CCC(CC2=CCC(F)C=C2)CC1. The van der Waals surface area contributed by atoms with Crippen LogP contribution >= 0.6 is 0 Å². The van der Waals surface area contributed by atoms with Gasteiger partial charge in [-0.2, -0.15) is 0 Å². The number of amides is 2. The van der Waals surface area contributed by atoms with E-state index < -0.39 is 12.2 Å². The maximum atomic E-state index is 13.2. The summed E-state index contributed by atoms with van der Waals surface area (Å²) < 4.78 is 13.2. The number of nitrogens with one attached hydrogen (secondary N) is 1. The number of rotatable bonds is 5. The van der Waals surface area contributed by atoms with E-state index in [9.17, 15) is 9.18 Å². The van der Waals surface area contributed by atoms with Crippen LogP contribution in [0.3, 0.4) is 0 Å². The number of benzene rings is 1. The molecule has 1 atom stereocenters. The van der Waals surface area contributed by atoms with E-state index in [1.807, 2.05) is 24.3 Å². The Labute approximate surface area is 154 Å². The van der Waals surface area contributed by atoms with Gasteiger partial charge in [-0.1, -0.05) is 35.9 Å². The fraction of sp³-hybridized carbons (Fsp3) is 0.476. The van der Waals surface area contributed by atoms with Gasteiger partial charge in [0.25, 0.3) is 0 Å². The fourth-order valence-corrected chi connectivity index (χ4v) is 3.86. The number of halogens is 1. The number of nitrogens with two attached hydrogens (primary N) is 1. The molecule has 2 aliphatic rings. The molecule has 0 saturated carbocycles. The molecule has 26 heavy (non-hydrogen) atoms. The summed E-state index contributed by atoms with van der Waals surface area (Å²) in [6, 6.07) is 5.37. The number of urea groups is 1. The van der Waals surface area contributed by atoms with E-state index in [2.05, 4.69) is 23.2 Å². The average molecular weight is 357 g/mol. The largest absolute Gasteiger partial charge is 0.351 e. The van der Waals surface area contributed by atoms with Gasteiger partial charge in [-0.3, -0.25) is 4.90 Å². The predicted molar refractivity (Wildman–Crippen MR) is 104 cm³/mol. The lowest BCUT2D eigenvalue weighted by Gasteiger charge is -2.33. The average Bonchev–Trinajstić information content (AvgIpc) is 2.61. The molecule has 4 nitrogen and oxygen atoms in total. The standard InChI is InChI=1S/C21H28FN3O/c1-15-3-2-4-20(24-21(23)26)19(15)14-25-11-9-17(10-12-25)13-16-5-7-18(22)8-6-16/h2-7,17-18H,8-14H2,1H3,(H3,23,24,26). The molecule has 1 aromatic rings. The Morgan fingerprint density at radius 3 is 2.77 bits per heavy atom. The van der Waals surface area contributed by atoms with Crippen LogP contribution in [0.15, 0.2) is 42.0 Å². The van der Waals surface area contributed by atoms with Gasteiger partial charge >= 0.3 is 6.03 Å². The lowest BCUT2D eigenvalue weighted by Crippen LogP contribution is -2.34. The molecule has 0 bridgehead atoms. The molecular formula is C21H28FN3O. The molecule has 1 aliphatic heterocycles. The first-order chi connectivity index (χ1) is 12.5. The number of aryl methyl sites for hydroxylation is 1. The molecule has 1 aromatic carbocycles. The zero-order valence-electron chi connectivity index (χ0n) is 15.4. The second-order valence-electron chi connectivity index (χ2n) is 7.40. The van der Waals surface area contributed by atoms with E-state index in [4.69, 9.17) is 5.73 Å². The van der Waals surface area contributed by atoms with E-state index in [1.165, 1.54) is 5.57 Å². The quantitative estimate of drug-likeness (QED) is 0.825. The summed E-state index contributed by atoms with van der Waals surface area (Å²) in [4.78, 5) is 13.7. The molecule has 0 radical (unpaired) electrons. The summed E-state index contributed by atoms with van der Waals surface area (Å²) in [5, 5.41) is 2.74. The molecule has 1 saturated heterocycles. The number of carbonyl (C=O) groups excluding carboxylic acids is 1. The normalized spacial score (nSPS) is 21.5. The lowest BCUT2D eigenvalue weighted by molar-refractivity contribution is 0.177. The smallest absolute Gasteiger partial charge is 0.316 e. The summed E-state index contributed by atoms with van der Waals surface area (Å²) in [6.07, 6.45) is 8.74. The van der Waals surface area contributed by atoms with E-state index in [1.54, 1.807) is 6.08 Å². The molecule has 5 heteroatoms. The molecular weight excluding hydrogens is 329 g/mol. The maximum absolute atomic E-state index is 13.2. The highest BCUT2D eigenvalue weighted by molar-refractivity contribution is 5.88. The van der Waals surface area contributed by atoms with Crippen molar-refractivity contribution in [3.8, 4) is 0 Å². The van der Waals surface area contributed by atoms with E-state index in [0.717, 1.165) is 55.7 Å². The number of nitrogens with zero attached hydrogens (tertiary/aromatic N) is 1. The Kier molecular flexibility index (Phi) is 6.09. The van der Waals surface area contributed by atoms with Gasteiger partial charge in [-0.25, -0.2) is 9.18 Å². The van der Waals surface area contributed by atoms with E-state index >= 15 is 0 Å².